The minimum atomic E-state index is -0.265. The van der Waals surface area contributed by atoms with Crippen LogP contribution in [0.3, 0.4) is 0 Å². The third kappa shape index (κ3) is 3.30. The molecule has 0 saturated carbocycles. The lowest BCUT2D eigenvalue weighted by molar-refractivity contribution is 0.102. The van der Waals surface area contributed by atoms with Crippen molar-refractivity contribution in [3.8, 4) is 0 Å². The SMILES string of the molecule is Cc1ccc(NC(=O)c2ccc(NN)cn2)cc1Br. The van der Waals surface area contributed by atoms with Crippen LogP contribution in [0.4, 0.5) is 11.4 Å². The predicted molar refractivity (Wildman–Crippen MR) is 78.9 cm³/mol. The lowest BCUT2D eigenvalue weighted by Gasteiger charge is -2.07. The molecule has 0 aliphatic carbocycles. The molecule has 0 atom stereocenters. The normalized spacial score (nSPS) is 10.1. The minimum absolute atomic E-state index is 0.265. The first-order valence-corrected chi connectivity index (χ1v) is 6.39. The molecule has 1 amide bonds. The van der Waals surface area contributed by atoms with Crippen LogP contribution in [0.5, 0.6) is 0 Å². The van der Waals surface area contributed by atoms with Gasteiger partial charge in [-0.05, 0) is 36.8 Å². The zero-order valence-corrected chi connectivity index (χ0v) is 11.9. The summed E-state index contributed by atoms with van der Waals surface area (Å²) in [5, 5.41) is 2.78. The molecule has 98 valence electrons. The quantitative estimate of drug-likeness (QED) is 0.600. The van der Waals surface area contributed by atoms with Crippen LogP contribution in [0.2, 0.25) is 0 Å². The van der Waals surface area contributed by atoms with Crippen LogP contribution < -0.4 is 16.6 Å². The van der Waals surface area contributed by atoms with Crippen LogP contribution in [0.1, 0.15) is 16.1 Å². The second-order valence-electron chi connectivity index (χ2n) is 3.99. The number of benzene rings is 1. The molecular weight excluding hydrogens is 308 g/mol. The lowest BCUT2D eigenvalue weighted by Crippen LogP contribution is -2.14. The molecule has 1 aromatic heterocycles. The first-order chi connectivity index (χ1) is 9.10. The Labute approximate surface area is 119 Å². The number of halogens is 1. The van der Waals surface area contributed by atoms with Crippen molar-refractivity contribution >= 4 is 33.2 Å². The number of nitrogens with zero attached hydrogens (tertiary/aromatic N) is 1. The summed E-state index contributed by atoms with van der Waals surface area (Å²) >= 11 is 3.42. The van der Waals surface area contributed by atoms with Gasteiger partial charge in [-0.1, -0.05) is 22.0 Å². The van der Waals surface area contributed by atoms with Gasteiger partial charge < -0.3 is 10.7 Å². The zero-order valence-electron chi connectivity index (χ0n) is 10.3. The third-order valence-electron chi connectivity index (χ3n) is 2.59. The molecule has 19 heavy (non-hydrogen) atoms. The van der Waals surface area contributed by atoms with E-state index >= 15 is 0 Å². The molecule has 0 aliphatic heterocycles. The molecule has 0 spiro atoms. The van der Waals surface area contributed by atoms with Gasteiger partial charge in [-0.2, -0.15) is 0 Å². The summed E-state index contributed by atoms with van der Waals surface area (Å²) in [7, 11) is 0. The van der Waals surface area contributed by atoms with Crippen molar-refractivity contribution in [2.45, 2.75) is 6.92 Å². The Bertz CT molecular complexity index is 598. The van der Waals surface area contributed by atoms with E-state index < -0.39 is 0 Å². The van der Waals surface area contributed by atoms with Gasteiger partial charge in [0.2, 0.25) is 0 Å². The summed E-state index contributed by atoms with van der Waals surface area (Å²) < 4.78 is 0.945. The van der Waals surface area contributed by atoms with Gasteiger partial charge in [-0.25, -0.2) is 4.98 Å². The van der Waals surface area contributed by atoms with Gasteiger partial charge in [0.1, 0.15) is 5.69 Å². The molecule has 2 rings (SSSR count). The van der Waals surface area contributed by atoms with Crippen molar-refractivity contribution < 1.29 is 4.79 Å². The smallest absolute Gasteiger partial charge is 0.274 e. The Kier molecular flexibility index (Phi) is 4.13. The molecule has 1 aromatic carbocycles. The Hall–Kier alpha value is -1.92. The van der Waals surface area contributed by atoms with Gasteiger partial charge in [0.05, 0.1) is 11.9 Å². The van der Waals surface area contributed by atoms with Crippen molar-refractivity contribution in [3.05, 3.63) is 52.3 Å². The molecule has 4 N–H and O–H groups in total. The van der Waals surface area contributed by atoms with E-state index in [0.29, 0.717) is 17.1 Å². The molecule has 0 bridgehead atoms. The number of carbonyl (C=O) groups excluding carboxylic acids is 1. The molecule has 0 aliphatic rings. The number of nitrogens with one attached hydrogen (secondary N) is 2. The number of hydrogen-bond acceptors (Lipinski definition) is 4. The van der Waals surface area contributed by atoms with Crippen molar-refractivity contribution in [2.24, 2.45) is 5.84 Å². The van der Waals surface area contributed by atoms with Crippen LogP contribution in [-0.2, 0) is 0 Å². The minimum Gasteiger partial charge on any atom is -0.323 e. The Morgan fingerprint density at radius 3 is 2.58 bits per heavy atom. The number of nitrogens with two attached hydrogens (primary N) is 1. The molecule has 5 nitrogen and oxygen atoms in total. The molecule has 0 saturated heterocycles. The Morgan fingerprint density at radius 1 is 1.26 bits per heavy atom. The first kappa shape index (κ1) is 13.5. The largest absolute Gasteiger partial charge is 0.323 e. The van der Waals surface area contributed by atoms with E-state index in [9.17, 15) is 4.79 Å². The van der Waals surface area contributed by atoms with Gasteiger partial charge in [-0.15, -0.1) is 0 Å². The summed E-state index contributed by atoms with van der Waals surface area (Å²) in [6, 6.07) is 8.91. The number of pyridine rings is 1. The highest BCUT2D eigenvalue weighted by molar-refractivity contribution is 9.10. The third-order valence-corrected chi connectivity index (χ3v) is 3.45. The average Bonchev–Trinajstić information content (AvgIpc) is 2.43. The average molecular weight is 321 g/mol. The topological polar surface area (TPSA) is 80.0 Å². The highest BCUT2D eigenvalue weighted by Crippen LogP contribution is 2.21. The number of anilines is 2. The fourth-order valence-electron chi connectivity index (χ4n) is 1.48. The van der Waals surface area contributed by atoms with Gasteiger partial charge in [0, 0.05) is 10.2 Å². The van der Waals surface area contributed by atoms with Crippen molar-refractivity contribution in [1.82, 2.24) is 4.98 Å². The van der Waals surface area contributed by atoms with E-state index in [2.05, 4.69) is 31.7 Å². The maximum absolute atomic E-state index is 12.0. The van der Waals surface area contributed by atoms with E-state index in [1.54, 1.807) is 12.1 Å². The number of rotatable bonds is 3. The Morgan fingerprint density at radius 2 is 2.00 bits per heavy atom. The van der Waals surface area contributed by atoms with Crippen LogP contribution >= 0.6 is 15.9 Å². The standard InChI is InChI=1S/C13H13BrN4O/c1-8-2-3-9(6-11(8)14)17-13(19)12-5-4-10(18-15)7-16-12/h2-7,18H,15H2,1H3,(H,17,19). The van der Waals surface area contributed by atoms with E-state index in [0.717, 1.165) is 10.0 Å². The highest BCUT2D eigenvalue weighted by Gasteiger charge is 2.08. The number of hydrazine groups is 1. The molecule has 2 aromatic rings. The van der Waals surface area contributed by atoms with E-state index in [4.69, 9.17) is 5.84 Å². The van der Waals surface area contributed by atoms with Gasteiger partial charge >= 0.3 is 0 Å². The molecule has 0 unspecified atom stereocenters. The highest BCUT2D eigenvalue weighted by atomic mass is 79.9. The first-order valence-electron chi connectivity index (χ1n) is 5.60. The molecule has 6 heteroatoms. The van der Waals surface area contributed by atoms with Crippen molar-refractivity contribution in [3.63, 3.8) is 0 Å². The van der Waals surface area contributed by atoms with Crippen LogP contribution in [-0.4, -0.2) is 10.9 Å². The molecular formula is C13H13BrN4O. The summed E-state index contributed by atoms with van der Waals surface area (Å²) in [6.45, 7) is 1.98. The van der Waals surface area contributed by atoms with Gasteiger partial charge in [-0.3, -0.25) is 10.6 Å². The summed E-state index contributed by atoms with van der Waals surface area (Å²) in [5.41, 5.74) is 5.25. The van der Waals surface area contributed by atoms with Gasteiger partial charge in [0.25, 0.3) is 5.91 Å². The van der Waals surface area contributed by atoms with Crippen LogP contribution in [0.25, 0.3) is 0 Å². The van der Waals surface area contributed by atoms with Crippen molar-refractivity contribution in [2.75, 3.05) is 10.7 Å². The Balaban J connectivity index is 2.13. The number of amides is 1. The predicted octanol–water partition coefficient (Wildman–Crippen LogP) is 2.69. The lowest BCUT2D eigenvalue weighted by atomic mass is 10.2. The maximum atomic E-state index is 12.0. The summed E-state index contributed by atoms with van der Waals surface area (Å²) in [5.74, 6) is 4.97. The second-order valence-corrected chi connectivity index (χ2v) is 4.85. The van der Waals surface area contributed by atoms with E-state index in [1.165, 1.54) is 6.20 Å². The second kappa shape index (κ2) is 5.81. The number of aryl methyl sites for hydroxylation is 1. The zero-order chi connectivity index (χ0) is 13.8. The summed E-state index contributed by atoms with van der Waals surface area (Å²) in [6.07, 6.45) is 1.50. The molecule has 1 heterocycles. The van der Waals surface area contributed by atoms with Crippen LogP contribution in [0.15, 0.2) is 41.0 Å². The summed E-state index contributed by atoms with van der Waals surface area (Å²) in [4.78, 5) is 16.0. The van der Waals surface area contributed by atoms with Crippen LogP contribution in [0, 0.1) is 6.92 Å². The van der Waals surface area contributed by atoms with E-state index in [-0.39, 0.29) is 5.91 Å². The van der Waals surface area contributed by atoms with Gasteiger partial charge in [0.15, 0.2) is 0 Å². The fraction of sp³-hybridized carbons (Fsp3) is 0.0769. The maximum Gasteiger partial charge on any atom is 0.274 e. The molecule has 0 fully saturated rings. The monoisotopic (exact) mass is 320 g/mol. The number of hydrogen-bond donors (Lipinski definition) is 3. The number of carbonyl (C=O) groups is 1. The fourth-order valence-corrected chi connectivity index (χ4v) is 1.86. The van der Waals surface area contributed by atoms with Crippen molar-refractivity contribution in [1.29, 1.82) is 0 Å². The number of nitrogen functional groups attached to an aromatic ring is 1. The molecule has 0 radical (unpaired) electrons. The van der Waals surface area contributed by atoms with E-state index in [1.807, 2.05) is 25.1 Å². The number of aromatic nitrogens is 1.